The monoisotopic (exact) mass is 265 g/mol. The van der Waals surface area contributed by atoms with E-state index in [4.69, 9.17) is 4.74 Å². The lowest BCUT2D eigenvalue weighted by Crippen LogP contribution is -2.46. The van der Waals surface area contributed by atoms with Crippen molar-refractivity contribution < 1.29 is 13.2 Å². The molecule has 1 aliphatic rings. The van der Waals surface area contributed by atoms with Gasteiger partial charge in [0.1, 0.15) is 0 Å². The average Bonchev–Trinajstić information content (AvgIpc) is 2.30. The third kappa shape index (κ3) is 6.95. The molecule has 1 heterocycles. The van der Waals surface area contributed by atoms with Crippen LogP contribution in [0, 0.1) is 0 Å². The number of hydrogen-bond donors (Lipinski definition) is 2. The van der Waals surface area contributed by atoms with E-state index < -0.39 is 10.0 Å². The fourth-order valence-electron chi connectivity index (χ4n) is 1.68. The molecule has 0 amide bonds. The number of piperazine rings is 1. The van der Waals surface area contributed by atoms with Gasteiger partial charge in [0.25, 0.3) is 0 Å². The number of ether oxygens (including phenoxy) is 1. The van der Waals surface area contributed by atoms with E-state index in [1.165, 1.54) is 0 Å². The molecule has 0 spiro atoms. The summed E-state index contributed by atoms with van der Waals surface area (Å²) in [6, 6.07) is 0. The van der Waals surface area contributed by atoms with Crippen molar-refractivity contribution >= 4 is 10.0 Å². The van der Waals surface area contributed by atoms with Gasteiger partial charge < -0.3 is 10.1 Å². The van der Waals surface area contributed by atoms with Crippen molar-refractivity contribution in [2.75, 3.05) is 58.2 Å². The van der Waals surface area contributed by atoms with Crippen molar-refractivity contribution in [2.45, 2.75) is 6.92 Å². The summed E-state index contributed by atoms with van der Waals surface area (Å²) in [5.41, 5.74) is 0. The van der Waals surface area contributed by atoms with Crippen molar-refractivity contribution in [1.29, 1.82) is 0 Å². The van der Waals surface area contributed by atoms with Crippen molar-refractivity contribution in [3.63, 3.8) is 0 Å². The molecule has 0 aromatic rings. The van der Waals surface area contributed by atoms with Crippen LogP contribution in [0.4, 0.5) is 0 Å². The molecule has 0 aromatic heterocycles. The van der Waals surface area contributed by atoms with E-state index in [0.29, 0.717) is 13.2 Å². The van der Waals surface area contributed by atoms with Crippen molar-refractivity contribution in [2.24, 2.45) is 0 Å². The molecule has 0 aliphatic carbocycles. The highest BCUT2D eigenvalue weighted by Crippen LogP contribution is 1.91. The molecule has 0 aromatic carbocycles. The summed E-state index contributed by atoms with van der Waals surface area (Å²) in [5, 5.41) is 3.26. The van der Waals surface area contributed by atoms with Crippen LogP contribution in [0.1, 0.15) is 6.92 Å². The van der Waals surface area contributed by atoms with Crippen LogP contribution in [0.5, 0.6) is 0 Å². The Bertz CT molecular complexity index is 289. The summed E-state index contributed by atoms with van der Waals surface area (Å²) < 4.78 is 30.7. The average molecular weight is 265 g/mol. The Morgan fingerprint density at radius 2 is 2.06 bits per heavy atom. The van der Waals surface area contributed by atoms with Gasteiger partial charge in [-0.15, -0.1) is 0 Å². The van der Waals surface area contributed by atoms with Gasteiger partial charge in [-0.25, -0.2) is 13.1 Å². The third-order valence-corrected chi connectivity index (χ3v) is 4.01. The van der Waals surface area contributed by atoms with E-state index in [2.05, 4.69) is 14.9 Å². The van der Waals surface area contributed by atoms with Crippen molar-refractivity contribution in [1.82, 2.24) is 14.9 Å². The van der Waals surface area contributed by atoms with Crippen molar-refractivity contribution in [3.05, 3.63) is 0 Å². The lowest BCUT2D eigenvalue weighted by Gasteiger charge is -2.27. The number of hydrogen-bond acceptors (Lipinski definition) is 5. The van der Waals surface area contributed by atoms with Gasteiger partial charge in [-0.1, -0.05) is 0 Å². The quantitative estimate of drug-likeness (QED) is 0.542. The van der Waals surface area contributed by atoms with Crippen LogP contribution in [0.25, 0.3) is 0 Å². The second kappa shape index (κ2) is 7.99. The van der Waals surface area contributed by atoms with Gasteiger partial charge in [-0.2, -0.15) is 0 Å². The van der Waals surface area contributed by atoms with Gasteiger partial charge in [-0.3, -0.25) is 4.90 Å². The molecule has 0 radical (unpaired) electrons. The number of nitrogens with one attached hydrogen (secondary N) is 2. The summed E-state index contributed by atoms with van der Waals surface area (Å²) in [6.45, 7) is 7.86. The van der Waals surface area contributed by atoms with Crippen LogP contribution in [0.3, 0.4) is 0 Å². The predicted molar refractivity (Wildman–Crippen MR) is 67.6 cm³/mol. The summed E-state index contributed by atoms with van der Waals surface area (Å²) in [4.78, 5) is 2.25. The molecule has 0 bridgehead atoms. The molecular formula is C10H23N3O3S. The fraction of sp³-hybridized carbons (Fsp3) is 1.00. The first-order valence-corrected chi connectivity index (χ1v) is 7.77. The fourth-order valence-corrected chi connectivity index (χ4v) is 2.56. The summed E-state index contributed by atoms with van der Waals surface area (Å²) in [7, 11) is -3.17. The largest absolute Gasteiger partial charge is 0.381 e. The summed E-state index contributed by atoms with van der Waals surface area (Å²) in [6.07, 6.45) is 0. The van der Waals surface area contributed by atoms with E-state index >= 15 is 0 Å². The van der Waals surface area contributed by atoms with Crippen LogP contribution < -0.4 is 10.0 Å². The zero-order valence-electron chi connectivity index (χ0n) is 10.4. The Labute approximate surface area is 104 Å². The minimum atomic E-state index is -3.17. The molecule has 1 aliphatic heterocycles. The van der Waals surface area contributed by atoms with Crippen LogP contribution in [0.2, 0.25) is 0 Å². The molecule has 7 heteroatoms. The van der Waals surface area contributed by atoms with Gasteiger partial charge in [-0.05, 0) is 6.92 Å². The maximum absolute atomic E-state index is 11.5. The zero-order valence-corrected chi connectivity index (χ0v) is 11.3. The van der Waals surface area contributed by atoms with Gasteiger partial charge in [0.05, 0.1) is 12.4 Å². The van der Waals surface area contributed by atoms with Crippen molar-refractivity contribution in [3.8, 4) is 0 Å². The molecule has 2 N–H and O–H groups in total. The molecule has 102 valence electrons. The zero-order chi connectivity index (χ0) is 12.6. The van der Waals surface area contributed by atoms with Gasteiger partial charge in [0.15, 0.2) is 0 Å². The predicted octanol–water partition coefficient (Wildman–Crippen LogP) is -1.15. The van der Waals surface area contributed by atoms with Crippen LogP contribution in [-0.2, 0) is 14.8 Å². The molecule has 0 atom stereocenters. The van der Waals surface area contributed by atoms with Crippen LogP contribution in [0.15, 0.2) is 0 Å². The summed E-state index contributed by atoms with van der Waals surface area (Å²) in [5.74, 6) is 0.0440. The molecule has 0 unspecified atom stereocenters. The second-order valence-corrected chi connectivity index (χ2v) is 5.93. The standard InChI is InChI=1S/C10H23N3O3S/c1-2-16-9-10-17(14,15)12-5-8-13-6-3-11-4-7-13/h11-12H,2-10H2,1H3. The van der Waals surface area contributed by atoms with Crippen LogP contribution in [-0.4, -0.2) is 71.6 Å². The Morgan fingerprint density at radius 1 is 1.35 bits per heavy atom. The Balaban J connectivity index is 2.11. The minimum Gasteiger partial charge on any atom is -0.381 e. The van der Waals surface area contributed by atoms with Gasteiger partial charge in [0.2, 0.25) is 10.0 Å². The highest BCUT2D eigenvalue weighted by molar-refractivity contribution is 7.89. The smallest absolute Gasteiger partial charge is 0.213 e. The maximum atomic E-state index is 11.5. The van der Waals surface area contributed by atoms with Crippen LogP contribution >= 0.6 is 0 Å². The first kappa shape index (κ1) is 14.8. The van der Waals surface area contributed by atoms with E-state index in [1.807, 2.05) is 6.92 Å². The highest BCUT2D eigenvalue weighted by Gasteiger charge is 2.12. The molecule has 1 fully saturated rings. The van der Waals surface area contributed by atoms with Gasteiger partial charge >= 0.3 is 0 Å². The number of nitrogens with zero attached hydrogens (tertiary/aromatic N) is 1. The minimum absolute atomic E-state index is 0.0440. The topological polar surface area (TPSA) is 70.7 Å². The molecule has 17 heavy (non-hydrogen) atoms. The number of rotatable bonds is 8. The molecule has 1 saturated heterocycles. The molecule has 0 saturated carbocycles. The highest BCUT2D eigenvalue weighted by atomic mass is 32.2. The molecule has 6 nitrogen and oxygen atoms in total. The van der Waals surface area contributed by atoms with E-state index in [-0.39, 0.29) is 12.4 Å². The second-order valence-electron chi connectivity index (χ2n) is 4.00. The number of sulfonamides is 1. The lowest BCUT2D eigenvalue weighted by atomic mass is 10.3. The van der Waals surface area contributed by atoms with E-state index in [0.717, 1.165) is 32.7 Å². The van der Waals surface area contributed by atoms with Gasteiger partial charge in [0, 0.05) is 45.9 Å². The van der Waals surface area contributed by atoms with E-state index in [1.54, 1.807) is 0 Å². The third-order valence-electron chi connectivity index (χ3n) is 2.66. The Hall–Kier alpha value is -0.210. The first-order chi connectivity index (χ1) is 8.14. The Morgan fingerprint density at radius 3 is 2.71 bits per heavy atom. The SMILES string of the molecule is CCOCCS(=O)(=O)NCCN1CCNCC1. The molecular weight excluding hydrogens is 242 g/mol. The normalized spacial score (nSPS) is 18.4. The lowest BCUT2D eigenvalue weighted by molar-refractivity contribution is 0.163. The first-order valence-electron chi connectivity index (χ1n) is 6.12. The summed E-state index contributed by atoms with van der Waals surface area (Å²) >= 11 is 0. The van der Waals surface area contributed by atoms with E-state index in [9.17, 15) is 8.42 Å². The maximum Gasteiger partial charge on any atom is 0.213 e. The Kier molecular flexibility index (Phi) is 6.98. The molecule has 1 rings (SSSR count).